The lowest BCUT2D eigenvalue weighted by atomic mass is 10.1. The van der Waals surface area contributed by atoms with E-state index in [4.69, 9.17) is 16.3 Å². The number of hydrazine groups is 1. The molecule has 28 heavy (non-hydrogen) atoms. The lowest BCUT2D eigenvalue weighted by Crippen LogP contribution is -2.41. The molecule has 1 heterocycles. The van der Waals surface area contributed by atoms with Gasteiger partial charge in [0.15, 0.2) is 0 Å². The van der Waals surface area contributed by atoms with E-state index in [9.17, 15) is 9.59 Å². The molecule has 7 nitrogen and oxygen atoms in total. The van der Waals surface area contributed by atoms with Crippen molar-refractivity contribution in [2.45, 2.75) is 13.5 Å². The van der Waals surface area contributed by atoms with Crippen LogP contribution >= 0.6 is 11.6 Å². The van der Waals surface area contributed by atoms with Gasteiger partial charge in [0.25, 0.3) is 11.8 Å². The van der Waals surface area contributed by atoms with Gasteiger partial charge in [-0.25, -0.2) is 4.98 Å². The Labute approximate surface area is 166 Å². The van der Waals surface area contributed by atoms with Crippen LogP contribution in [0.25, 0.3) is 0 Å². The Morgan fingerprint density at radius 1 is 1.04 bits per heavy atom. The summed E-state index contributed by atoms with van der Waals surface area (Å²) in [4.78, 5) is 31.6. The molecule has 0 aliphatic heterocycles. The highest BCUT2D eigenvalue weighted by Crippen LogP contribution is 2.21. The van der Waals surface area contributed by atoms with E-state index in [0.717, 1.165) is 16.9 Å². The van der Waals surface area contributed by atoms with Crippen molar-refractivity contribution in [2.24, 2.45) is 0 Å². The molecule has 0 unspecified atom stereocenters. The highest BCUT2D eigenvalue weighted by molar-refractivity contribution is 6.31. The second-order valence-electron chi connectivity index (χ2n) is 5.90. The van der Waals surface area contributed by atoms with Crippen molar-refractivity contribution < 1.29 is 14.3 Å². The SMILES string of the molecule is Cc1cc(OCc2ccc(C(=O)NNC(=O)c3cnccn3)cc2)ccc1Cl. The quantitative estimate of drug-likeness (QED) is 0.646. The number of ether oxygens (including phenoxy) is 1. The van der Waals surface area contributed by atoms with Gasteiger partial charge < -0.3 is 4.74 Å². The third-order valence-electron chi connectivity index (χ3n) is 3.84. The van der Waals surface area contributed by atoms with Crippen LogP contribution < -0.4 is 15.6 Å². The van der Waals surface area contributed by atoms with Gasteiger partial charge in [0.2, 0.25) is 0 Å². The molecule has 0 aliphatic rings. The summed E-state index contributed by atoms with van der Waals surface area (Å²) in [7, 11) is 0. The van der Waals surface area contributed by atoms with Crippen molar-refractivity contribution in [1.29, 1.82) is 0 Å². The fourth-order valence-electron chi connectivity index (χ4n) is 2.29. The monoisotopic (exact) mass is 396 g/mol. The van der Waals surface area contributed by atoms with Crippen LogP contribution in [0, 0.1) is 6.92 Å². The van der Waals surface area contributed by atoms with Crippen molar-refractivity contribution in [3.63, 3.8) is 0 Å². The molecule has 3 rings (SSSR count). The van der Waals surface area contributed by atoms with E-state index in [2.05, 4.69) is 20.8 Å². The fourth-order valence-corrected chi connectivity index (χ4v) is 2.41. The van der Waals surface area contributed by atoms with E-state index in [1.807, 2.05) is 13.0 Å². The first-order valence-corrected chi connectivity index (χ1v) is 8.75. The average Bonchev–Trinajstić information content (AvgIpc) is 2.73. The summed E-state index contributed by atoms with van der Waals surface area (Å²) < 4.78 is 5.73. The Morgan fingerprint density at radius 2 is 1.79 bits per heavy atom. The summed E-state index contributed by atoms with van der Waals surface area (Å²) in [6, 6.07) is 12.3. The Bertz CT molecular complexity index is 979. The van der Waals surface area contributed by atoms with Crippen molar-refractivity contribution in [2.75, 3.05) is 0 Å². The van der Waals surface area contributed by atoms with E-state index in [-0.39, 0.29) is 5.69 Å². The number of rotatable bonds is 5. The molecular weight excluding hydrogens is 380 g/mol. The van der Waals surface area contributed by atoms with E-state index in [1.165, 1.54) is 18.6 Å². The third-order valence-corrected chi connectivity index (χ3v) is 4.26. The van der Waals surface area contributed by atoms with Gasteiger partial charge in [-0.05, 0) is 48.4 Å². The number of aromatic nitrogens is 2. The van der Waals surface area contributed by atoms with Crippen molar-refractivity contribution in [1.82, 2.24) is 20.8 Å². The zero-order valence-corrected chi connectivity index (χ0v) is 15.7. The summed E-state index contributed by atoms with van der Waals surface area (Å²) in [5.41, 5.74) is 6.96. The van der Waals surface area contributed by atoms with E-state index in [1.54, 1.807) is 36.4 Å². The topological polar surface area (TPSA) is 93.2 Å². The van der Waals surface area contributed by atoms with Gasteiger partial charge in [-0.2, -0.15) is 0 Å². The molecule has 0 aliphatic carbocycles. The van der Waals surface area contributed by atoms with Gasteiger partial charge >= 0.3 is 0 Å². The maximum atomic E-state index is 12.1. The predicted octanol–water partition coefficient (Wildman–Crippen LogP) is 3.09. The van der Waals surface area contributed by atoms with Crippen LogP contribution in [0.2, 0.25) is 5.02 Å². The first-order valence-electron chi connectivity index (χ1n) is 8.37. The summed E-state index contributed by atoms with van der Waals surface area (Å²) in [5.74, 6) is -0.279. The van der Waals surface area contributed by atoms with Crippen LogP contribution in [0.15, 0.2) is 61.1 Å². The minimum Gasteiger partial charge on any atom is -0.489 e. The van der Waals surface area contributed by atoms with Crippen LogP contribution in [0.3, 0.4) is 0 Å². The second-order valence-corrected chi connectivity index (χ2v) is 6.30. The molecule has 2 aromatic carbocycles. The zero-order chi connectivity index (χ0) is 19.9. The maximum absolute atomic E-state index is 12.1. The Balaban J connectivity index is 1.52. The normalized spacial score (nSPS) is 10.2. The van der Waals surface area contributed by atoms with Gasteiger partial charge in [0, 0.05) is 23.0 Å². The molecule has 0 radical (unpaired) electrons. The van der Waals surface area contributed by atoms with E-state index >= 15 is 0 Å². The molecule has 2 N–H and O–H groups in total. The van der Waals surface area contributed by atoms with Crippen LogP contribution in [0.4, 0.5) is 0 Å². The minimum atomic E-state index is -0.551. The number of hydrogen-bond donors (Lipinski definition) is 2. The Hall–Kier alpha value is -3.45. The summed E-state index contributed by atoms with van der Waals surface area (Å²) in [6.07, 6.45) is 4.15. The number of aryl methyl sites for hydroxylation is 1. The molecule has 2 amide bonds. The molecule has 142 valence electrons. The summed E-state index contributed by atoms with van der Waals surface area (Å²) in [5, 5.41) is 0.689. The summed E-state index contributed by atoms with van der Waals surface area (Å²) >= 11 is 6.00. The van der Waals surface area contributed by atoms with Gasteiger partial charge in [0.05, 0.1) is 6.20 Å². The lowest BCUT2D eigenvalue weighted by molar-refractivity contribution is 0.0843. The predicted molar refractivity (Wildman–Crippen MR) is 104 cm³/mol. The number of carbonyl (C=O) groups excluding carboxylic acids is 2. The smallest absolute Gasteiger partial charge is 0.289 e. The third kappa shape index (κ3) is 5.05. The average molecular weight is 397 g/mol. The van der Waals surface area contributed by atoms with Gasteiger partial charge in [-0.15, -0.1) is 0 Å². The first kappa shape index (κ1) is 19.3. The Kier molecular flexibility index (Phi) is 6.18. The van der Waals surface area contributed by atoms with Crippen LogP contribution in [-0.4, -0.2) is 21.8 Å². The number of halogens is 1. The molecule has 0 bridgehead atoms. The van der Waals surface area contributed by atoms with Crippen molar-refractivity contribution >= 4 is 23.4 Å². The van der Waals surface area contributed by atoms with E-state index < -0.39 is 11.8 Å². The van der Waals surface area contributed by atoms with E-state index in [0.29, 0.717) is 17.2 Å². The number of carbonyl (C=O) groups is 2. The number of hydrogen-bond acceptors (Lipinski definition) is 5. The maximum Gasteiger partial charge on any atom is 0.289 e. The largest absolute Gasteiger partial charge is 0.489 e. The molecule has 0 saturated carbocycles. The van der Waals surface area contributed by atoms with Gasteiger partial charge in [-0.3, -0.25) is 25.4 Å². The van der Waals surface area contributed by atoms with Crippen molar-refractivity contribution in [3.8, 4) is 5.75 Å². The van der Waals surface area contributed by atoms with Crippen LogP contribution in [0.5, 0.6) is 5.75 Å². The lowest BCUT2D eigenvalue weighted by Gasteiger charge is -2.09. The number of nitrogens with one attached hydrogen (secondary N) is 2. The molecule has 0 atom stereocenters. The fraction of sp³-hybridized carbons (Fsp3) is 0.100. The minimum absolute atomic E-state index is 0.104. The molecule has 0 fully saturated rings. The molecule has 8 heteroatoms. The highest BCUT2D eigenvalue weighted by Gasteiger charge is 2.10. The standard InChI is InChI=1S/C20H17ClN4O3/c1-13-10-16(6-7-17(13)21)28-12-14-2-4-15(5-3-14)19(26)24-25-20(27)18-11-22-8-9-23-18/h2-11H,12H2,1H3,(H,24,26)(H,25,27). The molecule has 1 aromatic heterocycles. The van der Waals surface area contributed by atoms with Gasteiger partial charge in [0.1, 0.15) is 18.1 Å². The number of nitrogens with zero attached hydrogens (tertiary/aromatic N) is 2. The molecule has 0 spiro atoms. The van der Waals surface area contributed by atoms with Crippen molar-refractivity contribution in [3.05, 3.63) is 88.5 Å². The number of benzene rings is 2. The van der Waals surface area contributed by atoms with Crippen LogP contribution in [-0.2, 0) is 6.61 Å². The zero-order valence-electron chi connectivity index (χ0n) is 15.0. The Morgan fingerprint density at radius 3 is 2.46 bits per heavy atom. The first-order chi connectivity index (χ1) is 13.5. The molecule has 3 aromatic rings. The highest BCUT2D eigenvalue weighted by atomic mass is 35.5. The number of amides is 2. The van der Waals surface area contributed by atoms with Crippen LogP contribution in [0.1, 0.15) is 32.0 Å². The summed E-state index contributed by atoms with van der Waals surface area (Å²) in [6.45, 7) is 2.26. The molecular formula is C20H17ClN4O3. The second kappa shape index (κ2) is 8.96. The van der Waals surface area contributed by atoms with Gasteiger partial charge in [-0.1, -0.05) is 23.7 Å². The molecule has 0 saturated heterocycles.